The molecule has 0 spiro atoms. The molecule has 0 atom stereocenters. The highest BCUT2D eigenvalue weighted by molar-refractivity contribution is 5.75. The van der Waals surface area contributed by atoms with Crippen LogP contribution in [0.3, 0.4) is 0 Å². The first kappa shape index (κ1) is 11.3. The van der Waals surface area contributed by atoms with Gasteiger partial charge in [0.1, 0.15) is 5.39 Å². The van der Waals surface area contributed by atoms with E-state index < -0.39 is 11.2 Å². The first-order chi connectivity index (χ1) is 8.15. The molecule has 0 aliphatic rings. The standard InChI is InChI=1S/C10H11N3O4/c1-2-3-5-4-6(14)16-9-7(5)8(15)12-10(13-9)17-11/h4H,2-3,11H2,1H3,(H,12,13,15). The molecule has 3 N–H and O–H groups in total. The number of nitrogens with zero attached hydrogens (tertiary/aromatic N) is 1. The van der Waals surface area contributed by atoms with Gasteiger partial charge in [0.15, 0.2) is 0 Å². The maximum Gasteiger partial charge on any atom is 0.337 e. The summed E-state index contributed by atoms with van der Waals surface area (Å²) in [6.07, 6.45) is 1.39. The SMILES string of the molecule is CCCc1cc(=O)oc2nc(ON)[nH]c(=O)c12. The maximum absolute atomic E-state index is 11.8. The molecule has 0 bridgehead atoms. The van der Waals surface area contributed by atoms with Gasteiger partial charge in [-0.05, 0) is 12.0 Å². The highest BCUT2D eigenvalue weighted by Gasteiger charge is 2.12. The van der Waals surface area contributed by atoms with Gasteiger partial charge in [-0.2, -0.15) is 10.9 Å². The zero-order chi connectivity index (χ0) is 12.4. The molecular weight excluding hydrogens is 226 g/mol. The number of nitrogens with one attached hydrogen (secondary N) is 1. The molecule has 17 heavy (non-hydrogen) atoms. The largest absolute Gasteiger partial charge is 0.403 e. The molecule has 0 aliphatic heterocycles. The molecule has 7 nitrogen and oxygen atoms in total. The normalized spacial score (nSPS) is 10.7. The van der Waals surface area contributed by atoms with Gasteiger partial charge in [0.25, 0.3) is 5.56 Å². The predicted octanol–water partition coefficient (Wildman–Crippen LogP) is 0.0813. The molecule has 2 heterocycles. The van der Waals surface area contributed by atoms with Gasteiger partial charge < -0.3 is 9.25 Å². The van der Waals surface area contributed by atoms with Gasteiger partial charge in [0, 0.05) is 6.07 Å². The number of hydrogen-bond acceptors (Lipinski definition) is 6. The van der Waals surface area contributed by atoms with Crippen molar-refractivity contribution in [1.82, 2.24) is 9.97 Å². The monoisotopic (exact) mass is 237 g/mol. The topological polar surface area (TPSA) is 111 Å². The zero-order valence-corrected chi connectivity index (χ0v) is 9.15. The maximum atomic E-state index is 11.8. The van der Waals surface area contributed by atoms with Gasteiger partial charge in [-0.25, -0.2) is 4.79 Å². The Balaban J connectivity index is 2.84. The molecule has 90 valence electrons. The minimum Gasteiger partial charge on any atom is -0.403 e. The molecule has 0 aliphatic carbocycles. The molecule has 2 aromatic heterocycles. The molecule has 0 unspecified atom stereocenters. The van der Waals surface area contributed by atoms with Crippen molar-refractivity contribution in [2.24, 2.45) is 5.90 Å². The third-order valence-electron chi connectivity index (χ3n) is 2.31. The highest BCUT2D eigenvalue weighted by Crippen LogP contribution is 2.13. The van der Waals surface area contributed by atoms with E-state index in [1.165, 1.54) is 6.07 Å². The number of fused-ring (bicyclic) bond motifs is 1. The number of H-pyrrole nitrogens is 1. The van der Waals surface area contributed by atoms with E-state index in [1.54, 1.807) is 0 Å². The quantitative estimate of drug-likeness (QED) is 0.731. The summed E-state index contributed by atoms with van der Waals surface area (Å²) in [4.78, 5) is 33.5. The van der Waals surface area contributed by atoms with Crippen LogP contribution in [0.4, 0.5) is 0 Å². The van der Waals surface area contributed by atoms with Crippen molar-refractivity contribution in [3.8, 4) is 6.01 Å². The average molecular weight is 237 g/mol. The fourth-order valence-electron chi connectivity index (χ4n) is 1.65. The summed E-state index contributed by atoms with van der Waals surface area (Å²) in [7, 11) is 0. The Morgan fingerprint density at radius 1 is 1.53 bits per heavy atom. The molecule has 7 heteroatoms. The van der Waals surface area contributed by atoms with E-state index >= 15 is 0 Å². The molecular formula is C10H11N3O4. The summed E-state index contributed by atoms with van der Waals surface area (Å²) >= 11 is 0. The fourth-order valence-corrected chi connectivity index (χ4v) is 1.65. The Kier molecular flexibility index (Phi) is 2.92. The van der Waals surface area contributed by atoms with Gasteiger partial charge in [-0.3, -0.25) is 9.78 Å². The van der Waals surface area contributed by atoms with Crippen LogP contribution in [0.25, 0.3) is 11.1 Å². The van der Waals surface area contributed by atoms with E-state index in [9.17, 15) is 9.59 Å². The third-order valence-corrected chi connectivity index (χ3v) is 2.31. The number of nitrogens with two attached hydrogens (primary N) is 1. The van der Waals surface area contributed by atoms with Crippen LogP contribution in [-0.2, 0) is 6.42 Å². The number of rotatable bonds is 3. The summed E-state index contributed by atoms with van der Waals surface area (Å²) < 4.78 is 4.85. The van der Waals surface area contributed by atoms with Crippen LogP contribution < -0.4 is 21.9 Å². The van der Waals surface area contributed by atoms with Crippen LogP contribution in [0, 0.1) is 0 Å². The van der Waals surface area contributed by atoms with Gasteiger partial charge >= 0.3 is 11.6 Å². The van der Waals surface area contributed by atoms with Crippen molar-refractivity contribution >= 4 is 11.1 Å². The molecule has 0 saturated carbocycles. The molecule has 0 amide bonds. The van der Waals surface area contributed by atoms with E-state index in [0.717, 1.165) is 6.42 Å². The second kappa shape index (κ2) is 4.38. The molecule has 0 aromatic carbocycles. The Labute approximate surface area is 95.2 Å². The van der Waals surface area contributed by atoms with Crippen LogP contribution in [0.15, 0.2) is 20.1 Å². The Morgan fingerprint density at radius 2 is 2.29 bits per heavy atom. The van der Waals surface area contributed by atoms with E-state index in [-0.39, 0.29) is 17.1 Å². The third kappa shape index (κ3) is 2.04. The van der Waals surface area contributed by atoms with Crippen molar-refractivity contribution in [3.63, 3.8) is 0 Å². The molecule has 2 rings (SSSR count). The number of aromatic nitrogens is 2. The lowest BCUT2D eigenvalue weighted by Gasteiger charge is -2.03. The summed E-state index contributed by atoms with van der Waals surface area (Å²) in [5.74, 6) is 4.89. The van der Waals surface area contributed by atoms with E-state index in [2.05, 4.69) is 14.8 Å². The van der Waals surface area contributed by atoms with E-state index in [4.69, 9.17) is 10.3 Å². The fraction of sp³-hybridized carbons (Fsp3) is 0.300. The highest BCUT2D eigenvalue weighted by atomic mass is 16.6. The zero-order valence-electron chi connectivity index (χ0n) is 9.15. The average Bonchev–Trinajstić information content (AvgIpc) is 2.27. The van der Waals surface area contributed by atoms with E-state index in [1.807, 2.05) is 6.92 Å². The number of aromatic amines is 1. The van der Waals surface area contributed by atoms with Crippen molar-refractivity contribution in [3.05, 3.63) is 32.4 Å². The molecule has 0 radical (unpaired) electrons. The Morgan fingerprint density at radius 3 is 2.94 bits per heavy atom. The van der Waals surface area contributed by atoms with Crippen LogP contribution in [0.5, 0.6) is 6.01 Å². The molecule has 2 aromatic rings. The molecule has 0 saturated heterocycles. The summed E-state index contributed by atoms with van der Waals surface area (Å²) in [6, 6.07) is 1.10. The smallest absolute Gasteiger partial charge is 0.337 e. The van der Waals surface area contributed by atoms with Crippen LogP contribution in [-0.4, -0.2) is 9.97 Å². The first-order valence-corrected chi connectivity index (χ1v) is 5.09. The van der Waals surface area contributed by atoms with Gasteiger partial charge in [-0.1, -0.05) is 13.3 Å². The first-order valence-electron chi connectivity index (χ1n) is 5.09. The lowest BCUT2D eigenvalue weighted by Crippen LogP contribution is -2.17. The van der Waals surface area contributed by atoms with Crippen LogP contribution >= 0.6 is 0 Å². The summed E-state index contributed by atoms with van der Waals surface area (Å²) in [5, 5.41) is 0.257. The van der Waals surface area contributed by atoms with Gasteiger partial charge in [-0.15, -0.1) is 0 Å². The minimum absolute atomic E-state index is 0.0647. The van der Waals surface area contributed by atoms with Gasteiger partial charge in [0.05, 0.1) is 0 Å². The minimum atomic E-state index is -0.554. The molecule has 0 fully saturated rings. The van der Waals surface area contributed by atoms with E-state index in [0.29, 0.717) is 12.0 Å². The van der Waals surface area contributed by atoms with Crippen molar-refractivity contribution in [2.45, 2.75) is 19.8 Å². The van der Waals surface area contributed by atoms with Crippen LogP contribution in [0.1, 0.15) is 18.9 Å². The van der Waals surface area contributed by atoms with Crippen molar-refractivity contribution in [2.75, 3.05) is 0 Å². The lowest BCUT2D eigenvalue weighted by molar-refractivity contribution is 0.304. The predicted molar refractivity (Wildman–Crippen MR) is 59.7 cm³/mol. The second-order valence-corrected chi connectivity index (χ2v) is 3.51. The second-order valence-electron chi connectivity index (χ2n) is 3.51. The number of aryl methyl sites for hydroxylation is 1. The Bertz CT molecular complexity index is 659. The number of hydrogen-bond donors (Lipinski definition) is 2. The summed E-state index contributed by atoms with van der Waals surface area (Å²) in [5.41, 5.74) is -0.453. The van der Waals surface area contributed by atoms with Gasteiger partial charge in [0.2, 0.25) is 5.71 Å². The lowest BCUT2D eigenvalue weighted by atomic mass is 10.1. The summed E-state index contributed by atoms with van der Waals surface area (Å²) in [6.45, 7) is 1.94. The van der Waals surface area contributed by atoms with Crippen molar-refractivity contribution < 1.29 is 9.25 Å². The van der Waals surface area contributed by atoms with Crippen LogP contribution in [0.2, 0.25) is 0 Å². The van der Waals surface area contributed by atoms with Crippen molar-refractivity contribution in [1.29, 1.82) is 0 Å². The Hall–Kier alpha value is -2.15.